The van der Waals surface area contributed by atoms with Crippen LogP contribution in [-0.4, -0.2) is 59.6 Å². The highest BCUT2D eigenvalue weighted by Gasteiger charge is 2.32. The number of hydrogen-bond donors (Lipinski definition) is 1. The van der Waals surface area contributed by atoms with Crippen LogP contribution in [-0.2, 0) is 0 Å². The van der Waals surface area contributed by atoms with E-state index in [9.17, 15) is 9.90 Å². The normalized spacial score (nSPS) is 20.4. The third-order valence-corrected chi connectivity index (χ3v) is 4.84. The van der Waals surface area contributed by atoms with E-state index in [1.54, 1.807) is 0 Å². The fraction of sp³-hybridized carbons (Fsp3) is 0.562. The van der Waals surface area contributed by atoms with E-state index < -0.39 is 0 Å². The van der Waals surface area contributed by atoms with Crippen molar-refractivity contribution in [3.05, 3.63) is 34.3 Å². The molecule has 0 aromatic heterocycles. The lowest BCUT2D eigenvalue weighted by Gasteiger charge is -2.35. The van der Waals surface area contributed by atoms with Crippen LogP contribution in [0.4, 0.5) is 0 Å². The Balaban J connectivity index is 0.00000176. The van der Waals surface area contributed by atoms with Crippen LogP contribution in [0.3, 0.4) is 0 Å². The average Bonchev–Trinajstić information content (AvgIpc) is 3.32. The Hall–Kier alpha value is -0.620. The summed E-state index contributed by atoms with van der Waals surface area (Å²) in [6.45, 7) is 3.93. The number of carbonyl (C=O) groups is 1. The van der Waals surface area contributed by atoms with Crippen LogP contribution in [0.2, 0.25) is 0 Å². The van der Waals surface area contributed by atoms with Crippen molar-refractivity contribution in [3.63, 3.8) is 0 Å². The van der Waals surface area contributed by atoms with Crippen LogP contribution in [0, 0.1) is 5.92 Å². The van der Waals surface area contributed by atoms with Crippen LogP contribution in [0.5, 0.6) is 0 Å². The minimum atomic E-state index is -0.183. The molecule has 1 saturated carbocycles. The van der Waals surface area contributed by atoms with E-state index in [1.807, 2.05) is 29.2 Å². The van der Waals surface area contributed by atoms with Gasteiger partial charge in [0.15, 0.2) is 0 Å². The lowest BCUT2D eigenvalue weighted by Crippen LogP contribution is -2.50. The largest absolute Gasteiger partial charge is 0.392 e. The Morgan fingerprint density at radius 2 is 1.95 bits per heavy atom. The maximum Gasteiger partial charge on any atom is 0.253 e. The van der Waals surface area contributed by atoms with Crippen LogP contribution < -0.4 is 0 Å². The highest BCUT2D eigenvalue weighted by atomic mass is 79.9. The summed E-state index contributed by atoms with van der Waals surface area (Å²) in [6.07, 6.45) is 2.16. The maximum atomic E-state index is 12.4. The molecule has 122 valence electrons. The highest BCUT2D eigenvalue weighted by Crippen LogP contribution is 2.32. The van der Waals surface area contributed by atoms with E-state index in [-0.39, 0.29) is 24.4 Å². The summed E-state index contributed by atoms with van der Waals surface area (Å²) < 4.78 is 0.930. The van der Waals surface area contributed by atoms with Crippen molar-refractivity contribution in [1.82, 2.24) is 9.80 Å². The van der Waals surface area contributed by atoms with Gasteiger partial charge in [0, 0.05) is 42.8 Å². The van der Waals surface area contributed by atoms with Crippen LogP contribution >= 0.6 is 28.3 Å². The van der Waals surface area contributed by atoms with Gasteiger partial charge in [-0.1, -0.05) is 22.0 Å². The summed E-state index contributed by atoms with van der Waals surface area (Å²) in [5.74, 6) is 0.616. The van der Waals surface area contributed by atoms with Gasteiger partial charge in [0.25, 0.3) is 5.91 Å². The van der Waals surface area contributed by atoms with Gasteiger partial charge >= 0.3 is 0 Å². The monoisotopic (exact) mass is 388 g/mol. The van der Waals surface area contributed by atoms with E-state index >= 15 is 0 Å². The van der Waals surface area contributed by atoms with Crippen molar-refractivity contribution in [3.8, 4) is 0 Å². The average molecular weight is 390 g/mol. The molecule has 0 spiro atoms. The van der Waals surface area contributed by atoms with E-state index in [0.717, 1.165) is 42.8 Å². The Bertz CT molecular complexity index is 517. The lowest BCUT2D eigenvalue weighted by molar-refractivity contribution is 0.0488. The third-order valence-electron chi connectivity index (χ3n) is 4.34. The molecule has 1 unspecified atom stereocenters. The molecule has 1 saturated heterocycles. The molecule has 2 fully saturated rings. The second-order valence-electron chi connectivity index (χ2n) is 6.01. The van der Waals surface area contributed by atoms with Crippen molar-refractivity contribution in [2.45, 2.75) is 18.9 Å². The number of halogens is 2. The molecule has 6 heteroatoms. The van der Waals surface area contributed by atoms with Crippen molar-refractivity contribution in [2.75, 3.05) is 32.7 Å². The molecule has 0 bridgehead atoms. The zero-order chi connectivity index (χ0) is 14.8. The molecule has 0 radical (unpaired) electrons. The van der Waals surface area contributed by atoms with E-state index in [2.05, 4.69) is 20.8 Å². The summed E-state index contributed by atoms with van der Waals surface area (Å²) in [5.41, 5.74) is 0.732. The first-order chi connectivity index (χ1) is 10.1. The summed E-state index contributed by atoms with van der Waals surface area (Å²) in [4.78, 5) is 16.6. The summed E-state index contributed by atoms with van der Waals surface area (Å²) in [6, 6.07) is 7.54. The van der Waals surface area contributed by atoms with Crippen LogP contribution in [0.1, 0.15) is 23.2 Å². The van der Waals surface area contributed by atoms with E-state index in [4.69, 9.17) is 0 Å². The van der Waals surface area contributed by atoms with E-state index in [1.165, 1.54) is 12.8 Å². The van der Waals surface area contributed by atoms with Crippen molar-refractivity contribution in [2.24, 2.45) is 5.92 Å². The van der Waals surface area contributed by atoms with Gasteiger partial charge in [-0.2, -0.15) is 0 Å². The van der Waals surface area contributed by atoms with Crippen molar-refractivity contribution >= 4 is 34.2 Å². The smallest absolute Gasteiger partial charge is 0.253 e. The van der Waals surface area contributed by atoms with Crippen LogP contribution in [0.15, 0.2) is 28.7 Å². The molecule has 1 aliphatic heterocycles. The molecule has 1 aromatic rings. The Labute approximate surface area is 146 Å². The van der Waals surface area contributed by atoms with Gasteiger partial charge in [-0.15, -0.1) is 12.4 Å². The van der Waals surface area contributed by atoms with Gasteiger partial charge in [0.05, 0.1) is 6.10 Å². The fourth-order valence-electron chi connectivity index (χ4n) is 2.83. The molecule has 1 aliphatic carbocycles. The first-order valence-electron chi connectivity index (χ1n) is 7.59. The lowest BCUT2D eigenvalue weighted by atomic mass is 10.1. The quantitative estimate of drug-likeness (QED) is 0.860. The minimum Gasteiger partial charge on any atom is -0.392 e. The first-order valence-corrected chi connectivity index (χ1v) is 8.38. The molecule has 3 rings (SSSR count). The Morgan fingerprint density at radius 3 is 2.55 bits per heavy atom. The molecular formula is C16H22BrClN2O2. The van der Waals surface area contributed by atoms with Gasteiger partial charge in [0.2, 0.25) is 0 Å². The number of benzene rings is 1. The van der Waals surface area contributed by atoms with Crippen molar-refractivity contribution in [1.29, 1.82) is 0 Å². The summed E-state index contributed by atoms with van der Waals surface area (Å²) in [5, 5.41) is 10.00. The molecule has 4 nitrogen and oxygen atoms in total. The summed E-state index contributed by atoms with van der Waals surface area (Å²) >= 11 is 3.40. The number of aliphatic hydroxyl groups excluding tert-OH is 1. The third kappa shape index (κ3) is 4.44. The van der Waals surface area contributed by atoms with Gasteiger partial charge in [0.1, 0.15) is 0 Å². The Kier molecular flexibility index (Phi) is 6.26. The van der Waals surface area contributed by atoms with Gasteiger partial charge < -0.3 is 10.0 Å². The van der Waals surface area contributed by atoms with Gasteiger partial charge in [-0.05, 0) is 37.0 Å². The molecule has 1 aromatic carbocycles. The predicted octanol–water partition coefficient (Wildman–Crippen LogP) is 2.40. The van der Waals surface area contributed by atoms with E-state index in [0.29, 0.717) is 5.92 Å². The number of hydrogen-bond acceptors (Lipinski definition) is 3. The van der Waals surface area contributed by atoms with Crippen LogP contribution in [0.25, 0.3) is 0 Å². The second kappa shape index (κ2) is 7.77. The fourth-order valence-corrected chi connectivity index (χ4v) is 3.23. The molecule has 1 atom stereocenters. The predicted molar refractivity (Wildman–Crippen MR) is 92.5 cm³/mol. The van der Waals surface area contributed by atoms with Crippen molar-refractivity contribution < 1.29 is 9.90 Å². The second-order valence-corrected chi connectivity index (χ2v) is 6.92. The molecule has 1 amide bonds. The number of rotatable bonds is 4. The highest BCUT2D eigenvalue weighted by molar-refractivity contribution is 9.10. The zero-order valence-corrected chi connectivity index (χ0v) is 14.9. The number of carbonyl (C=O) groups excluding carboxylic acids is 1. The molecule has 1 heterocycles. The molecule has 1 N–H and O–H groups in total. The standard InChI is InChI=1S/C16H21BrN2O2.ClH/c17-14-3-1-2-13(10-14)16(21)19-8-6-18(7-9-19)11-15(20)12-4-5-12;/h1-3,10,12,15,20H,4-9,11H2;1H. The molecular weight excluding hydrogens is 368 g/mol. The van der Waals surface area contributed by atoms with Gasteiger partial charge in [-0.3, -0.25) is 9.69 Å². The maximum absolute atomic E-state index is 12.4. The first kappa shape index (κ1) is 17.7. The number of β-amino-alcohol motifs (C(OH)–C–C–N with tert-alkyl or cyclic N) is 1. The van der Waals surface area contributed by atoms with Gasteiger partial charge in [-0.25, -0.2) is 0 Å². The number of nitrogens with zero attached hydrogens (tertiary/aromatic N) is 2. The zero-order valence-electron chi connectivity index (χ0n) is 12.4. The number of aliphatic hydroxyl groups is 1. The Morgan fingerprint density at radius 1 is 1.27 bits per heavy atom. The SMILES string of the molecule is Cl.O=C(c1cccc(Br)c1)N1CCN(CC(O)C2CC2)CC1. The minimum absolute atomic E-state index is 0. The number of amides is 1. The summed E-state index contributed by atoms with van der Waals surface area (Å²) in [7, 11) is 0. The topological polar surface area (TPSA) is 43.8 Å². The molecule has 2 aliphatic rings. The number of piperazine rings is 1. The molecule has 22 heavy (non-hydrogen) atoms.